The summed E-state index contributed by atoms with van der Waals surface area (Å²) in [6, 6.07) is 6.54. The van der Waals surface area contributed by atoms with Gasteiger partial charge in [0.25, 0.3) is 0 Å². The highest BCUT2D eigenvalue weighted by atomic mass is 79.9. The van der Waals surface area contributed by atoms with Gasteiger partial charge in [-0.05, 0) is 70.1 Å². The first-order chi connectivity index (χ1) is 8.83. The van der Waals surface area contributed by atoms with Gasteiger partial charge in [-0.25, -0.2) is 0 Å². The van der Waals surface area contributed by atoms with Crippen LogP contribution in [0.1, 0.15) is 40.0 Å². The van der Waals surface area contributed by atoms with E-state index in [0.717, 1.165) is 21.1 Å². The van der Waals surface area contributed by atoms with Crippen molar-refractivity contribution in [2.45, 2.75) is 46.1 Å². The van der Waals surface area contributed by atoms with Crippen molar-refractivity contribution < 1.29 is 0 Å². The molecule has 2 bridgehead atoms. The molecular weight excluding hydrogens is 322 g/mol. The molecule has 2 aliphatic carbocycles. The number of nitrogens with one attached hydrogen (secondary N) is 1. The summed E-state index contributed by atoms with van der Waals surface area (Å²) < 4.78 is 1.06. The van der Waals surface area contributed by atoms with Crippen LogP contribution in [0.15, 0.2) is 22.7 Å². The Morgan fingerprint density at radius 1 is 1.32 bits per heavy atom. The van der Waals surface area contributed by atoms with Crippen LogP contribution in [0, 0.1) is 16.7 Å². The van der Waals surface area contributed by atoms with Gasteiger partial charge >= 0.3 is 0 Å². The van der Waals surface area contributed by atoms with Gasteiger partial charge in [0.15, 0.2) is 0 Å². The lowest BCUT2D eigenvalue weighted by Gasteiger charge is -2.43. The summed E-state index contributed by atoms with van der Waals surface area (Å²) in [4.78, 5) is 0. The van der Waals surface area contributed by atoms with Crippen LogP contribution < -0.4 is 5.32 Å². The van der Waals surface area contributed by atoms with Gasteiger partial charge in [-0.3, -0.25) is 0 Å². The molecule has 3 rings (SSSR count). The molecule has 1 aromatic rings. The van der Waals surface area contributed by atoms with Gasteiger partial charge in [-0.15, -0.1) is 0 Å². The number of hydrogen-bond acceptors (Lipinski definition) is 1. The van der Waals surface area contributed by atoms with Crippen LogP contribution in [-0.4, -0.2) is 6.04 Å². The molecule has 2 aliphatic rings. The monoisotopic (exact) mass is 341 g/mol. The maximum absolute atomic E-state index is 6.02. The maximum Gasteiger partial charge on any atom is 0.0488 e. The first kappa shape index (κ1) is 13.8. The van der Waals surface area contributed by atoms with E-state index in [1.54, 1.807) is 0 Å². The fourth-order valence-corrected chi connectivity index (χ4v) is 5.22. The zero-order valence-electron chi connectivity index (χ0n) is 11.8. The van der Waals surface area contributed by atoms with Gasteiger partial charge in [-0.1, -0.05) is 32.4 Å². The predicted octanol–water partition coefficient (Wildman–Crippen LogP) is 5.73. The van der Waals surface area contributed by atoms with Crippen molar-refractivity contribution in [2.75, 3.05) is 5.32 Å². The molecule has 0 spiro atoms. The lowest BCUT2D eigenvalue weighted by Crippen LogP contribution is -2.45. The zero-order chi connectivity index (χ0) is 13.8. The molecule has 0 amide bonds. The fraction of sp³-hybridized carbons (Fsp3) is 0.625. The normalized spacial score (nSPS) is 35.6. The highest BCUT2D eigenvalue weighted by molar-refractivity contribution is 9.10. The fourth-order valence-electron chi connectivity index (χ4n) is 4.42. The minimum Gasteiger partial charge on any atom is -0.380 e. The first-order valence-electron chi connectivity index (χ1n) is 7.04. The van der Waals surface area contributed by atoms with Crippen LogP contribution >= 0.6 is 27.5 Å². The highest BCUT2D eigenvalue weighted by Gasteiger charge is 2.59. The van der Waals surface area contributed by atoms with Crippen LogP contribution in [0.5, 0.6) is 0 Å². The number of hydrogen-bond donors (Lipinski definition) is 1. The van der Waals surface area contributed by atoms with Crippen molar-refractivity contribution in [2.24, 2.45) is 16.7 Å². The number of halogens is 2. The van der Waals surface area contributed by atoms with Gasteiger partial charge in [0.1, 0.15) is 0 Å². The average Bonchev–Trinajstić information content (AvgIpc) is 2.78. The summed E-state index contributed by atoms with van der Waals surface area (Å²) >= 11 is 9.64. The quantitative estimate of drug-likeness (QED) is 0.723. The first-order valence-corrected chi connectivity index (χ1v) is 8.22. The second-order valence-corrected chi connectivity index (χ2v) is 8.41. The SMILES string of the molecule is CC12CCC(C1)C(C)(C)C2Nc1ccc(Cl)cc1Br. The van der Waals surface area contributed by atoms with Crippen LogP contribution in [0.25, 0.3) is 0 Å². The molecule has 1 nitrogen and oxygen atoms in total. The lowest BCUT2D eigenvalue weighted by molar-refractivity contribution is 0.155. The molecule has 0 saturated heterocycles. The number of rotatable bonds is 2. The smallest absolute Gasteiger partial charge is 0.0488 e. The van der Waals surface area contributed by atoms with Crippen molar-refractivity contribution >= 4 is 33.2 Å². The third-order valence-corrected chi connectivity index (χ3v) is 6.39. The molecular formula is C16H21BrClN. The van der Waals surface area contributed by atoms with Crippen molar-refractivity contribution in [1.82, 2.24) is 0 Å². The Morgan fingerprint density at radius 2 is 2.05 bits per heavy atom. The largest absolute Gasteiger partial charge is 0.380 e. The highest BCUT2D eigenvalue weighted by Crippen LogP contribution is 2.63. The van der Waals surface area contributed by atoms with Crippen LogP contribution in [0.3, 0.4) is 0 Å². The van der Waals surface area contributed by atoms with E-state index in [1.807, 2.05) is 12.1 Å². The molecule has 0 aliphatic heterocycles. The molecule has 3 atom stereocenters. The van der Waals surface area contributed by atoms with E-state index in [1.165, 1.54) is 19.3 Å². The molecule has 2 saturated carbocycles. The van der Waals surface area contributed by atoms with Crippen molar-refractivity contribution in [3.63, 3.8) is 0 Å². The van der Waals surface area contributed by atoms with Gasteiger partial charge in [0.2, 0.25) is 0 Å². The minimum atomic E-state index is 0.367. The van der Waals surface area contributed by atoms with Gasteiger partial charge < -0.3 is 5.32 Å². The Balaban J connectivity index is 1.90. The Labute approximate surface area is 129 Å². The molecule has 1 aromatic carbocycles. The van der Waals surface area contributed by atoms with E-state index in [-0.39, 0.29) is 0 Å². The molecule has 0 aromatic heterocycles. The molecule has 19 heavy (non-hydrogen) atoms. The minimum absolute atomic E-state index is 0.367. The number of fused-ring (bicyclic) bond motifs is 2. The van der Waals surface area contributed by atoms with Gasteiger partial charge in [0, 0.05) is 21.2 Å². The molecule has 2 fully saturated rings. The summed E-state index contributed by atoms with van der Waals surface area (Å²) in [5, 5.41) is 4.57. The molecule has 1 N–H and O–H groups in total. The third kappa shape index (κ3) is 2.12. The standard InChI is InChI=1S/C16H21BrClN/c1-15(2)10-6-7-16(3,9-10)14(15)19-13-5-4-11(18)8-12(13)17/h4-5,8,10,14,19H,6-7,9H2,1-3H3. The summed E-state index contributed by atoms with van der Waals surface area (Å²) in [6.45, 7) is 7.29. The van der Waals surface area contributed by atoms with Gasteiger partial charge in [0.05, 0.1) is 0 Å². The van der Waals surface area contributed by atoms with E-state index >= 15 is 0 Å². The van der Waals surface area contributed by atoms with Crippen molar-refractivity contribution in [3.05, 3.63) is 27.7 Å². The molecule has 3 unspecified atom stereocenters. The topological polar surface area (TPSA) is 12.0 Å². The second kappa shape index (κ2) is 4.39. The van der Waals surface area contributed by atoms with E-state index in [9.17, 15) is 0 Å². The van der Waals surface area contributed by atoms with Crippen molar-refractivity contribution in [1.29, 1.82) is 0 Å². The Morgan fingerprint density at radius 3 is 2.63 bits per heavy atom. The Hall–Kier alpha value is -0.210. The Kier molecular flexibility index (Phi) is 3.18. The van der Waals surface area contributed by atoms with E-state index in [2.05, 4.69) is 48.1 Å². The summed E-state index contributed by atoms with van der Waals surface area (Å²) in [5.74, 6) is 0.862. The van der Waals surface area contributed by atoms with Crippen LogP contribution in [-0.2, 0) is 0 Å². The molecule has 3 heteroatoms. The number of anilines is 1. The van der Waals surface area contributed by atoms with E-state index < -0.39 is 0 Å². The maximum atomic E-state index is 6.02. The zero-order valence-corrected chi connectivity index (χ0v) is 14.1. The van der Waals surface area contributed by atoms with E-state index in [0.29, 0.717) is 16.9 Å². The van der Waals surface area contributed by atoms with Crippen LogP contribution in [0.2, 0.25) is 5.02 Å². The van der Waals surface area contributed by atoms with Crippen LogP contribution in [0.4, 0.5) is 5.69 Å². The third-order valence-electron chi connectivity index (χ3n) is 5.50. The lowest BCUT2D eigenvalue weighted by atomic mass is 9.68. The number of benzene rings is 1. The molecule has 0 radical (unpaired) electrons. The van der Waals surface area contributed by atoms with E-state index in [4.69, 9.17) is 11.6 Å². The summed E-state index contributed by atoms with van der Waals surface area (Å²) in [5.41, 5.74) is 1.97. The molecule has 104 valence electrons. The van der Waals surface area contributed by atoms with Crippen molar-refractivity contribution in [3.8, 4) is 0 Å². The Bertz CT molecular complexity index is 509. The summed E-state index contributed by atoms with van der Waals surface area (Å²) in [6.07, 6.45) is 4.11. The van der Waals surface area contributed by atoms with Gasteiger partial charge in [-0.2, -0.15) is 0 Å². The summed E-state index contributed by atoms with van der Waals surface area (Å²) in [7, 11) is 0. The molecule has 0 heterocycles. The second-order valence-electron chi connectivity index (χ2n) is 7.12. The predicted molar refractivity (Wildman–Crippen MR) is 85.8 cm³/mol. The average molecular weight is 343 g/mol.